The SMILES string of the molecule is O=C1NC(C(=O)OCCP(Br)(c2ccccc2)(c2ccccc2)c2ccccc2)CS1. The van der Waals surface area contributed by atoms with Gasteiger partial charge in [0.25, 0.3) is 0 Å². The number of halogens is 1. The van der Waals surface area contributed by atoms with Gasteiger partial charge in [0.05, 0.1) is 0 Å². The Labute approximate surface area is 194 Å². The maximum atomic E-state index is 12.5. The van der Waals surface area contributed by atoms with E-state index in [1.165, 1.54) is 15.9 Å². The van der Waals surface area contributed by atoms with E-state index in [0.717, 1.165) is 11.8 Å². The molecular weight excluding hydrogens is 493 g/mol. The van der Waals surface area contributed by atoms with Crippen molar-refractivity contribution in [1.82, 2.24) is 5.32 Å². The van der Waals surface area contributed by atoms with E-state index in [1.807, 2.05) is 54.6 Å². The summed E-state index contributed by atoms with van der Waals surface area (Å²) in [5, 5.41) is 2.88. The first-order chi connectivity index (χ1) is 15.0. The van der Waals surface area contributed by atoms with Gasteiger partial charge in [-0.15, -0.1) is 0 Å². The number of hydrogen-bond donors (Lipinski definition) is 1. The van der Waals surface area contributed by atoms with Crippen molar-refractivity contribution in [2.24, 2.45) is 0 Å². The zero-order chi connectivity index (χ0) is 21.8. The van der Waals surface area contributed by atoms with Crippen molar-refractivity contribution in [3.05, 3.63) is 91.0 Å². The Hall–Kier alpha value is -2.14. The Balaban J connectivity index is 1.75. The molecule has 0 bridgehead atoms. The summed E-state index contributed by atoms with van der Waals surface area (Å²) in [7, 11) is 0. The summed E-state index contributed by atoms with van der Waals surface area (Å²) in [4.78, 5) is 24.0. The van der Waals surface area contributed by atoms with Gasteiger partial charge in [0, 0.05) is 0 Å². The fourth-order valence-electron chi connectivity index (χ4n) is 3.98. The van der Waals surface area contributed by atoms with Crippen LogP contribution < -0.4 is 21.2 Å². The molecule has 3 aromatic carbocycles. The topological polar surface area (TPSA) is 55.4 Å². The Morgan fingerprint density at radius 1 is 0.903 bits per heavy atom. The Kier molecular flexibility index (Phi) is 6.52. The van der Waals surface area contributed by atoms with E-state index in [1.54, 1.807) is 0 Å². The van der Waals surface area contributed by atoms with Gasteiger partial charge in [0.1, 0.15) is 0 Å². The first-order valence-corrected chi connectivity index (χ1v) is 15.4. The normalized spacial score (nSPS) is 17.4. The molecule has 1 saturated heterocycles. The van der Waals surface area contributed by atoms with E-state index in [0.29, 0.717) is 11.9 Å². The summed E-state index contributed by atoms with van der Waals surface area (Å²) in [6.07, 6.45) is 0.600. The summed E-state index contributed by atoms with van der Waals surface area (Å²) in [6.45, 7) is 0.234. The van der Waals surface area contributed by atoms with Crippen molar-refractivity contribution < 1.29 is 14.3 Å². The van der Waals surface area contributed by atoms with Crippen molar-refractivity contribution in [3.63, 3.8) is 0 Å². The minimum atomic E-state index is -3.12. The number of rotatable bonds is 7. The molecule has 3 aromatic rings. The van der Waals surface area contributed by atoms with Crippen LogP contribution in [0.5, 0.6) is 0 Å². The number of esters is 1. The predicted molar refractivity (Wildman–Crippen MR) is 135 cm³/mol. The molecule has 0 aromatic heterocycles. The molecule has 1 aliphatic heterocycles. The molecule has 1 amide bonds. The van der Waals surface area contributed by atoms with Crippen LogP contribution in [0.2, 0.25) is 0 Å². The number of hydrogen-bond acceptors (Lipinski definition) is 4. The molecule has 1 heterocycles. The van der Waals surface area contributed by atoms with Gasteiger partial charge in [-0.2, -0.15) is 0 Å². The predicted octanol–water partition coefficient (Wildman–Crippen LogP) is 4.19. The molecule has 160 valence electrons. The van der Waals surface area contributed by atoms with E-state index >= 15 is 0 Å². The zero-order valence-corrected chi connectivity index (χ0v) is 20.1. The van der Waals surface area contributed by atoms with Crippen molar-refractivity contribution in [1.29, 1.82) is 0 Å². The van der Waals surface area contributed by atoms with Crippen LogP contribution in [0.1, 0.15) is 0 Å². The molecule has 1 fully saturated rings. The second-order valence-electron chi connectivity index (χ2n) is 7.38. The monoisotopic (exact) mass is 515 g/mol. The third-order valence-corrected chi connectivity index (χ3v) is 16.4. The van der Waals surface area contributed by atoms with Crippen LogP contribution in [-0.2, 0) is 9.53 Å². The van der Waals surface area contributed by atoms with Crippen LogP contribution >= 0.6 is 32.6 Å². The van der Waals surface area contributed by atoms with Crippen LogP contribution in [0.25, 0.3) is 0 Å². The molecule has 7 heteroatoms. The van der Waals surface area contributed by atoms with E-state index in [9.17, 15) is 9.59 Å². The van der Waals surface area contributed by atoms with Crippen LogP contribution in [0.3, 0.4) is 0 Å². The van der Waals surface area contributed by atoms with Crippen LogP contribution in [-0.4, -0.2) is 35.8 Å². The fraction of sp³-hybridized carbons (Fsp3) is 0.167. The average molecular weight is 516 g/mol. The molecule has 0 aliphatic carbocycles. The molecule has 31 heavy (non-hydrogen) atoms. The molecule has 4 nitrogen and oxygen atoms in total. The van der Waals surface area contributed by atoms with E-state index in [4.69, 9.17) is 4.74 Å². The van der Waals surface area contributed by atoms with Crippen molar-refractivity contribution in [3.8, 4) is 0 Å². The Morgan fingerprint density at radius 2 is 1.35 bits per heavy atom. The molecule has 0 radical (unpaired) electrons. The second kappa shape index (κ2) is 9.15. The molecule has 1 atom stereocenters. The van der Waals surface area contributed by atoms with Gasteiger partial charge >= 0.3 is 195 Å². The summed E-state index contributed by atoms with van der Waals surface area (Å²) < 4.78 is 5.70. The molecule has 1 aliphatic rings. The number of carbonyl (C=O) groups excluding carboxylic acids is 2. The maximum absolute atomic E-state index is 12.5. The van der Waals surface area contributed by atoms with Crippen LogP contribution in [0, 0.1) is 0 Å². The number of benzene rings is 3. The van der Waals surface area contributed by atoms with Gasteiger partial charge in [0.15, 0.2) is 0 Å². The summed E-state index contributed by atoms with van der Waals surface area (Å²) in [5.74, 6) is 0.0242. The van der Waals surface area contributed by atoms with Crippen molar-refractivity contribution in [2.75, 3.05) is 18.5 Å². The van der Waals surface area contributed by atoms with Gasteiger partial charge in [-0.1, -0.05) is 0 Å². The third-order valence-electron chi connectivity index (χ3n) is 5.60. The first-order valence-electron chi connectivity index (χ1n) is 10.0. The number of nitrogens with one attached hydrogen (secondary N) is 1. The number of ether oxygens (including phenoxy) is 1. The Bertz CT molecular complexity index is 967. The molecular formula is C24H23BrNO3PS. The molecule has 0 spiro atoms. The quantitative estimate of drug-likeness (QED) is 0.378. The fourth-order valence-corrected chi connectivity index (χ4v) is 11.8. The Morgan fingerprint density at radius 3 is 1.74 bits per heavy atom. The number of amides is 1. The van der Waals surface area contributed by atoms with Gasteiger partial charge in [-0.25, -0.2) is 0 Å². The van der Waals surface area contributed by atoms with Crippen molar-refractivity contribution >= 4 is 59.7 Å². The van der Waals surface area contributed by atoms with Crippen LogP contribution in [0.15, 0.2) is 91.0 Å². The minimum absolute atomic E-state index is 0.181. The third kappa shape index (κ3) is 4.17. The van der Waals surface area contributed by atoms with E-state index in [2.05, 4.69) is 57.2 Å². The summed E-state index contributed by atoms with van der Waals surface area (Å²) in [5.41, 5.74) is 0. The van der Waals surface area contributed by atoms with E-state index in [-0.39, 0.29) is 17.8 Å². The van der Waals surface area contributed by atoms with E-state index < -0.39 is 11.3 Å². The molecule has 0 saturated carbocycles. The molecule has 1 N–H and O–H groups in total. The zero-order valence-electron chi connectivity index (χ0n) is 16.8. The van der Waals surface area contributed by atoms with Gasteiger partial charge < -0.3 is 0 Å². The van der Waals surface area contributed by atoms with Gasteiger partial charge in [-0.05, 0) is 0 Å². The van der Waals surface area contributed by atoms with Gasteiger partial charge in [-0.3, -0.25) is 0 Å². The van der Waals surface area contributed by atoms with Crippen LogP contribution in [0.4, 0.5) is 4.79 Å². The summed E-state index contributed by atoms with van der Waals surface area (Å²) >= 11 is 5.44. The van der Waals surface area contributed by atoms with Gasteiger partial charge in [0.2, 0.25) is 0 Å². The number of carbonyl (C=O) groups is 2. The number of thioether (sulfide) groups is 1. The first kappa shape index (κ1) is 22.1. The average Bonchev–Trinajstić information content (AvgIpc) is 3.27. The summed E-state index contributed by atoms with van der Waals surface area (Å²) in [6, 6.07) is 30.5. The standard InChI is InChI=1S/C24H23BrNO3PS/c25-30(19-10-4-1-5-11-19,20-12-6-2-7-13-20,21-14-8-3-9-15-21)17-16-29-23(27)22-18-31-24(28)26-22/h1-15,22H,16-18H2,(H,26,28). The molecule has 1 unspecified atom stereocenters. The molecule has 4 rings (SSSR count). The van der Waals surface area contributed by atoms with Crippen molar-refractivity contribution in [2.45, 2.75) is 6.04 Å². The second-order valence-corrected chi connectivity index (χ2v) is 17.4.